The van der Waals surface area contributed by atoms with Gasteiger partial charge in [-0.3, -0.25) is 0 Å². The lowest BCUT2D eigenvalue weighted by Gasteiger charge is -2.33. The van der Waals surface area contributed by atoms with Crippen LogP contribution >= 0.6 is 11.6 Å². The lowest BCUT2D eigenvalue weighted by Crippen LogP contribution is -2.46. The van der Waals surface area contributed by atoms with Crippen molar-refractivity contribution in [1.82, 2.24) is 0 Å². The van der Waals surface area contributed by atoms with Crippen molar-refractivity contribution < 1.29 is 22.7 Å². The van der Waals surface area contributed by atoms with E-state index in [0.29, 0.717) is 11.8 Å². The molecular formula is C17H12ClF3N2O2. The summed E-state index contributed by atoms with van der Waals surface area (Å²) in [5, 5.41) is 2.38. The molecule has 0 saturated heterocycles. The van der Waals surface area contributed by atoms with Crippen LogP contribution in [-0.4, -0.2) is 18.4 Å². The number of nitrogens with one attached hydrogen (secondary N) is 1. The Kier molecular flexibility index (Phi) is 4.53. The molecule has 1 atom stereocenters. The predicted molar refractivity (Wildman–Crippen MR) is 87.9 cm³/mol. The summed E-state index contributed by atoms with van der Waals surface area (Å²) in [5.74, 6) is 0. The molecule has 0 unspecified atom stereocenters. The Hall–Kier alpha value is -2.38. The number of nitrogens with zero attached hydrogens (tertiary/aromatic N) is 1. The third-order valence-corrected chi connectivity index (χ3v) is 3.95. The van der Waals surface area contributed by atoms with E-state index < -0.39 is 17.8 Å². The van der Waals surface area contributed by atoms with E-state index in [2.05, 4.69) is 10.3 Å². The summed E-state index contributed by atoms with van der Waals surface area (Å²) >= 11 is 5.88. The average Bonchev–Trinajstić information content (AvgIpc) is 2.70. The van der Waals surface area contributed by atoms with Gasteiger partial charge in [0.2, 0.25) is 5.60 Å². The Morgan fingerprint density at radius 1 is 1.16 bits per heavy atom. The molecule has 0 radical (unpaired) electrons. The lowest BCUT2D eigenvalue weighted by atomic mass is 9.92. The van der Waals surface area contributed by atoms with Crippen LogP contribution in [0, 0.1) is 0 Å². The zero-order valence-electron chi connectivity index (χ0n) is 12.7. The maximum absolute atomic E-state index is 14.0. The second-order valence-corrected chi connectivity index (χ2v) is 5.82. The highest BCUT2D eigenvalue weighted by Gasteiger charge is 2.58. The molecule has 25 heavy (non-hydrogen) atoms. The number of fused-ring (bicyclic) bond motifs is 1. The fourth-order valence-corrected chi connectivity index (χ4v) is 2.67. The van der Waals surface area contributed by atoms with Crippen molar-refractivity contribution in [3.05, 3.63) is 64.7 Å². The number of aliphatic imine (C=N–C) groups is 1. The molecule has 1 aliphatic heterocycles. The van der Waals surface area contributed by atoms with E-state index in [1.54, 1.807) is 30.3 Å². The highest BCUT2D eigenvalue weighted by molar-refractivity contribution is 6.30. The third-order valence-electron chi connectivity index (χ3n) is 3.72. The zero-order chi connectivity index (χ0) is 18.1. The minimum Gasteiger partial charge on any atom is -0.351 e. The standard InChI is InChI=1S/C17H12ClF3N2O2/c18-12-6-7-14-13(8-12)16(17(19,20)21,10-22-15(24)23-14)25-9-11-4-2-1-3-5-11/h1-8,10H,9H2,(H,23,24)/t16-/m1/s1. The smallest absolute Gasteiger partial charge is 0.351 e. The van der Waals surface area contributed by atoms with Gasteiger partial charge in [0.1, 0.15) is 0 Å². The first-order valence-electron chi connectivity index (χ1n) is 7.23. The van der Waals surface area contributed by atoms with Gasteiger partial charge in [-0.25, -0.2) is 9.79 Å². The van der Waals surface area contributed by atoms with Crippen molar-refractivity contribution in [2.75, 3.05) is 5.32 Å². The van der Waals surface area contributed by atoms with Crippen LogP contribution in [0.15, 0.2) is 53.5 Å². The third kappa shape index (κ3) is 3.38. The molecule has 0 saturated carbocycles. The monoisotopic (exact) mass is 368 g/mol. The van der Waals surface area contributed by atoms with Crippen molar-refractivity contribution in [3.8, 4) is 0 Å². The Bertz CT molecular complexity index is 824. The molecule has 2 aromatic rings. The molecular weight excluding hydrogens is 357 g/mol. The number of hydrogen-bond acceptors (Lipinski definition) is 2. The summed E-state index contributed by atoms with van der Waals surface area (Å²) in [6.45, 7) is -0.327. The van der Waals surface area contributed by atoms with Crippen LogP contribution in [0.4, 0.5) is 23.7 Å². The Morgan fingerprint density at radius 2 is 1.88 bits per heavy atom. The fourth-order valence-electron chi connectivity index (χ4n) is 2.49. The molecule has 0 fully saturated rings. The first kappa shape index (κ1) is 17.4. The Labute approximate surface area is 146 Å². The van der Waals surface area contributed by atoms with E-state index in [1.807, 2.05) is 0 Å². The number of carbonyl (C=O) groups is 1. The zero-order valence-corrected chi connectivity index (χ0v) is 13.4. The molecule has 0 bridgehead atoms. The van der Waals surface area contributed by atoms with Crippen LogP contribution in [-0.2, 0) is 16.9 Å². The second kappa shape index (κ2) is 6.50. The molecule has 1 N–H and O–H groups in total. The molecule has 8 heteroatoms. The van der Waals surface area contributed by atoms with Gasteiger partial charge in [0.25, 0.3) is 0 Å². The average molecular weight is 369 g/mol. The van der Waals surface area contributed by atoms with Crippen molar-refractivity contribution in [1.29, 1.82) is 0 Å². The second-order valence-electron chi connectivity index (χ2n) is 5.39. The highest BCUT2D eigenvalue weighted by Crippen LogP contribution is 2.46. The maximum Gasteiger partial charge on any atom is 0.427 e. The van der Waals surface area contributed by atoms with Crippen molar-refractivity contribution in [2.24, 2.45) is 4.99 Å². The summed E-state index contributed by atoms with van der Waals surface area (Å²) in [6, 6.07) is 11.3. The van der Waals surface area contributed by atoms with Gasteiger partial charge >= 0.3 is 12.2 Å². The van der Waals surface area contributed by atoms with E-state index in [1.165, 1.54) is 12.1 Å². The van der Waals surface area contributed by atoms with Gasteiger partial charge < -0.3 is 10.1 Å². The minimum atomic E-state index is -4.86. The summed E-state index contributed by atoms with van der Waals surface area (Å²) in [4.78, 5) is 15.0. The number of halogens is 4. The molecule has 130 valence electrons. The molecule has 3 rings (SSSR count). The number of amides is 2. The van der Waals surface area contributed by atoms with Gasteiger partial charge in [-0.2, -0.15) is 13.2 Å². The van der Waals surface area contributed by atoms with E-state index in [0.717, 1.165) is 6.07 Å². The van der Waals surface area contributed by atoms with Gasteiger partial charge in [-0.05, 0) is 23.8 Å². The normalized spacial score (nSPS) is 19.9. The number of alkyl halides is 3. The van der Waals surface area contributed by atoms with E-state index >= 15 is 0 Å². The summed E-state index contributed by atoms with van der Waals surface area (Å²) in [6.07, 6.45) is -4.38. The molecule has 4 nitrogen and oxygen atoms in total. The van der Waals surface area contributed by atoms with Crippen molar-refractivity contribution in [2.45, 2.75) is 18.4 Å². The largest absolute Gasteiger partial charge is 0.427 e. The maximum atomic E-state index is 14.0. The SMILES string of the molecule is O=C1N=C[C@](OCc2ccccc2)(C(F)(F)F)c2cc(Cl)ccc2N1. The van der Waals surface area contributed by atoms with Crippen LogP contribution < -0.4 is 5.32 Å². The number of hydrogen-bond donors (Lipinski definition) is 1. The van der Waals surface area contributed by atoms with Gasteiger partial charge in [-0.1, -0.05) is 41.9 Å². The van der Waals surface area contributed by atoms with Gasteiger partial charge in [0.15, 0.2) is 0 Å². The van der Waals surface area contributed by atoms with E-state index in [-0.39, 0.29) is 22.9 Å². The van der Waals surface area contributed by atoms with E-state index in [4.69, 9.17) is 16.3 Å². The molecule has 0 aromatic heterocycles. The summed E-state index contributed by atoms with van der Waals surface area (Å²) in [5.41, 5.74) is -2.73. The van der Waals surface area contributed by atoms with Gasteiger partial charge in [-0.15, -0.1) is 0 Å². The summed E-state index contributed by atoms with van der Waals surface area (Å²) in [7, 11) is 0. The van der Waals surface area contributed by atoms with Crippen LogP contribution in [0.3, 0.4) is 0 Å². The number of urea groups is 1. The topological polar surface area (TPSA) is 50.7 Å². The molecule has 1 heterocycles. The molecule has 0 spiro atoms. The predicted octanol–water partition coefficient (Wildman–Crippen LogP) is 4.93. The number of carbonyl (C=O) groups excluding carboxylic acids is 1. The first-order chi connectivity index (χ1) is 11.8. The van der Waals surface area contributed by atoms with Crippen LogP contribution in [0.5, 0.6) is 0 Å². The van der Waals surface area contributed by atoms with Crippen LogP contribution in [0.25, 0.3) is 0 Å². The van der Waals surface area contributed by atoms with Crippen LogP contribution in [0.2, 0.25) is 5.02 Å². The molecule has 1 aliphatic rings. The fraction of sp³-hybridized carbons (Fsp3) is 0.176. The van der Waals surface area contributed by atoms with Gasteiger partial charge in [0, 0.05) is 16.3 Å². The Balaban J connectivity index is 2.12. The number of ether oxygens (including phenoxy) is 1. The number of anilines is 1. The van der Waals surface area contributed by atoms with Crippen LogP contribution in [0.1, 0.15) is 11.1 Å². The van der Waals surface area contributed by atoms with Crippen molar-refractivity contribution in [3.63, 3.8) is 0 Å². The lowest BCUT2D eigenvalue weighted by molar-refractivity contribution is -0.255. The molecule has 2 aromatic carbocycles. The quantitative estimate of drug-likeness (QED) is 0.835. The van der Waals surface area contributed by atoms with Crippen molar-refractivity contribution >= 4 is 29.5 Å². The number of benzene rings is 2. The number of rotatable bonds is 3. The molecule has 2 amide bonds. The van der Waals surface area contributed by atoms with E-state index in [9.17, 15) is 18.0 Å². The highest BCUT2D eigenvalue weighted by atomic mass is 35.5. The first-order valence-corrected chi connectivity index (χ1v) is 7.60. The van der Waals surface area contributed by atoms with Gasteiger partial charge in [0.05, 0.1) is 12.8 Å². The Morgan fingerprint density at radius 3 is 2.56 bits per heavy atom. The molecule has 0 aliphatic carbocycles. The minimum absolute atomic E-state index is 0.0581. The summed E-state index contributed by atoms with van der Waals surface area (Å²) < 4.78 is 47.4.